The molecule has 0 spiro atoms. The number of phenols is 2. The Labute approximate surface area is 125 Å². The third-order valence-electron chi connectivity index (χ3n) is 2.96. The molecule has 0 radical (unpaired) electrons. The lowest BCUT2D eigenvalue weighted by Crippen LogP contribution is -1.90. The summed E-state index contributed by atoms with van der Waals surface area (Å²) in [5.74, 6) is 0.105. The van der Waals surface area contributed by atoms with Gasteiger partial charge >= 0.3 is 0 Å². The molecule has 2 aromatic carbocycles. The van der Waals surface area contributed by atoms with Crippen molar-refractivity contribution in [3.63, 3.8) is 0 Å². The second kappa shape index (κ2) is 5.46. The number of benzene rings is 2. The smallest absolute Gasteiger partial charge is 0.261 e. The SMILES string of the molecule is Oc1cccc(-c2nc(Cc3cccc(Cl)c3)no2)c1O. The summed E-state index contributed by atoms with van der Waals surface area (Å²) in [4.78, 5) is 4.22. The summed E-state index contributed by atoms with van der Waals surface area (Å²) < 4.78 is 5.12. The van der Waals surface area contributed by atoms with Gasteiger partial charge in [-0.05, 0) is 29.8 Å². The van der Waals surface area contributed by atoms with E-state index in [2.05, 4.69) is 10.1 Å². The number of rotatable bonds is 3. The Kier molecular flexibility index (Phi) is 3.50. The van der Waals surface area contributed by atoms with Crippen LogP contribution in [0.1, 0.15) is 11.4 Å². The minimum Gasteiger partial charge on any atom is -0.504 e. The van der Waals surface area contributed by atoms with Gasteiger partial charge in [0.05, 0.1) is 5.56 Å². The number of para-hydroxylation sites is 1. The van der Waals surface area contributed by atoms with Crippen molar-refractivity contribution in [3.8, 4) is 23.0 Å². The predicted molar refractivity (Wildman–Crippen MR) is 77.3 cm³/mol. The maximum atomic E-state index is 9.79. The largest absolute Gasteiger partial charge is 0.504 e. The highest BCUT2D eigenvalue weighted by Crippen LogP contribution is 2.35. The molecule has 0 aliphatic rings. The van der Waals surface area contributed by atoms with Crippen LogP contribution < -0.4 is 0 Å². The molecule has 2 N–H and O–H groups in total. The summed E-state index contributed by atoms with van der Waals surface area (Å²) in [6.45, 7) is 0. The first kappa shape index (κ1) is 13.5. The summed E-state index contributed by atoms with van der Waals surface area (Å²) in [7, 11) is 0. The van der Waals surface area contributed by atoms with E-state index in [4.69, 9.17) is 16.1 Å². The van der Waals surface area contributed by atoms with Crippen molar-refractivity contribution in [1.29, 1.82) is 0 Å². The van der Waals surface area contributed by atoms with Crippen LogP contribution in [0.3, 0.4) is 0 Å². The van der Waals surface area contributed by atoms with Gasteiger partial charge in [0.1, 0.15) is 0 Å². The predicted octanol–water partition coefficient (Wildman–Crippen LogP) is 3.39. The van der Waals surface area contributed by atoms with Gasteiger partial charge in [0.25, 0.3) is 5.89 Å². The molecule has 106 valence electrons. The monoisotopic (exact) mass is 302 g/mol. The molecule has 1 heterocycles. The molecule has 0 atom stereocenters. The molecule has 0 unspecified atom stereocenters. The lowest BCUT2D eigenvalue weighted by atomic mass is 10.1. The average molecular weight is 303 g/mol. The Bertz CT molecular complexity index is 786. The minimum absolute atomic E-state index is 0.153. The first-order valence-electron chi connectivity index (χ1n) is 6.22. The average Bonchev–Trinajstić information content (AvgIpc) is 2.90. The van der Waals surface area contributed by atoms with Gasteiger partial charge in [-0.2, -0.15) is 4.98 Å². The summed E-state index contributed by atoms with van der Waals surface area (Å²) in [5, 5.41) is 23.8. The fourth-order valence-electron chi connectivity index (χ4n) is 1.97. The molecule has 1 aromatic heterocycles. The van der Waals surface area contributed by atoms with E-state index in [1.165, 1.54) is 6.07 Å². The zero-order valence-electron chi connectivity index (χ0n) is 10.8. The van der Waals surface area contributed by atoms with Gasteiger partial charge in [-0.15, -0.1) is 0 Å². The van der Waals surface area contributed by atoms with Crippen LogP contribution in [-0.4, -0.2) is 20.4 Å². The summed E-state index contributed by atoms with van der Waals surface area (Å²) in [6, 6.07) is 11.9. The molecule has 21 heavy (non-hydrogen) atoms. The molecule has 0 aliphatic heterocycles. The lowest BCUT2D eigenvalue weighted by molar-refractivity contribution is 0.396. The van der Waals surface area contributed by atoms with Crippen LogP contribution in [0.25, 0.3) is 11.5 Å². The van der Waals surface area contributed by atoms with Gasteiger partial charge in [0, 0.05) is 11.4 Å². The van der Waals surface area contributed by atoms with Crippen molar-refractivity contribution in [2.45, 2.75) is 6.42 Å². The highest BCUT2D eigenvalue weighted by atomic mass is 35.5. The number of aromatic nitrogens is 2. The van der Waals surface area contributed by atoms with Gasteiger partial charge < -0.3 is 14.7 Å². The van der Waals surface area contributed by atoms with Crippen molar-refractivity contribution < 1.29 is 14.7 Å². The molecular formula is C15H11ClN2O3. The fraction of sp³-hybridized carbons (Fsp3) is 0.0667. The van der Waals surface area contributed by atoms with E-state index in [1.807, 2.05) is 18.2 Å². The molecule has 0 saturated carbocycles. The van der Waals surface area contributed by atoms with Crippen LogP contribution in [-0.2, 0) is 6.42 Å². The highest BCUT2D eigenvalue weighted by molar-refractivity contribution is 6.30. The van der Waals surface area contributed by atoms with Crippen molar-refractivity contribution in [2.24, 2.45) is 0 Å². The zero-order valence-corrected chi connectivity index (χ0v) is 11.6. The second-order valence-corrected chi connectivity index (χ2v) is 4.93. The number of hydrogen-bond donors (Lipinski definition) is 2. The Morgan fingerprint density at radius 2 is 1.90 bits per heavy atom. The van der Waals surface area contributed by atoms with Gasteiger partial charge in [-0.3, -0.25) is 0 Å². The van der Waals surface area contributed by atoms with E-state index in [1.54, 1.807) is 18.2 Å². The minimum atomic E-state index is -0.282. The Hall–Kier alpha value is -2.53. The Morgan fingerprint density at radius 1 is 1.10 bits per heavy atom. The van der Waals surface area contributed by atoms with Gasteiger partial charge in [-0.1, -0.05) is 35.0 Å². The zero-order chi connectivity index (χ0) is 14.8. The molecule has 6 heteroatoms. The molecule has 5 nitrogen and oxygen atoms in total. The normalized spacial score (nSPS) is 10.7. The summed E-state index contributed by atoms with van der Waals surface area (Å²) in [6.07, 6.45) is 0.462. The molecular weight excluding hydrogens is 292 g/mol. The van der Waals surface area contributed by atoms with Crippen molar-refractivity contribution in [2.75, 3.05) is 0 Å². The second-order valence-electron chi connectivity index (χ2n) is 4.50. The number of halogens is 1. The van der Waals surface area contributed by atoms with E-state index in [9.17, 15) is 10.2 Å². The van der Waals surface area contributed by atoms with Crippen LogP contribution in [0.2, 0.25) is 5.02 Å². The topological polar surface area (TPSA) is 79.4 Å². The number of hydrogen-bond acceptors (Lipinski definition) is 5. The van der Waals surface area contributed by atoms with E-state index in [-0.39, 0.29) is 17.4 Å². The molecule has 0 amide bonds. The molecule has 0 bridgehead atoms. The molecule has 0 fully saturated rings. The quantitative estimate of drug-likeness (QED) is 0.725. The highest BCUT2D eigenvalue weighted by Gasteiger charge is 2.15. The van der Waals surface area contributed by atoms with E-state index < -0.39 is 0 Å². The molecule has 3 rings (SSSR count). The third kappa shape index (κ3) is 2.83. The maximum absolute atomic E-state index is 9.79. The first-order chi connectivity index (χ1) is 10.1. The van der Waals surface area contributed by atoms with Crippen molar-refractivity contribution in [3.05, 3.63) is 58.9 Å². The Morgan fingerprint density at radius 3 is 2.71 bits per heavy atom. The van der Waals surface area contributed by atoms with Gasteiger partial charge in [0.15, 0.2) is 17.3 Å². The van der Waals surface area contributed by atoms with Crippen LogP contribution >= 0.6 is 11.6 Å². The summed E-state index contributed by atoms with van der Waals surface area (Å²) >= 11 is 5.93. The Balaban J connectivity index is 1.88. The maximum Gasteiger partial charge on any atom is 0.261 e. The molecule has 0 aliphatic carbocycles. The van der Waals surface area contributed by atoms with Crippen LogP contribution in [0.4, 0.5) is 0 Å². The van der Waals surface area contributed by atoms with Gasteiger partial charge in [0.2, 0.25) is 0 Å². The van der Waals surface area contributed by atoms with Crippen LogP contribution in [0.15, 0.2) is 47.0 Å². The third-order valence-corrected chi connectivity index (χ3v) is 3.20. The van der Waals surface area contributed by atoms with Crippen molar-refractivity contribution in [1.82, 2.24) is 10.1 Å². The molecule has 3 aromatic rings. The van der Waals surface area contributed by atoms with Gasteiger partial charge in [-0.25, -0.2) is 0 Å². The van der Waals surface area contributed by atoms with E-state index in [0.29, 0.717) is 22.8 Å². The van der Waals surface area contributed by atoms with E-state index in [0.717, 1.165) is 5.56 Å². The number of aromatic hydroxyl groups is 2. The van der Waals surface area contributed by atoms with Crippen LogP contribution in [0.5, 0.6) is 11.5 Å². The fourth-order valence-corrected chi connectivity index (χ4v) is 2.18. The van der Waals surface area contributed by atoms with Crippen LogP contribution in [0, 0.1) is 0 Å². The first-order valence-corrected chi connectivity index (χ1v) is 6.59. The van der Waals surface area contributed by atoms with Crippen molar-refractivity contribution >= 4 is 11.6 Å². The summed E-state index contributed by atoms with van der Waals surface area (Å²) in [5.41, 5.74) is 1.25. The number of nitrogens with zero attached hydrogens (tertiary/aromatic N) is 2. The lowest BCUT2D eigenvalue weighted by Gasteiger charge is -2.00. The molecule has 0 saturated heterocycles. The van der Waals surface area contributed by atoms with E-state index >= 15 is 0 Å². The number of phenolic OH excluding ortho intramolecular Hbond substituents is 2. The standard InChI is InChI=1S/C15H11ClN2O3/c16-10-4-1-3-9(7-10)8-13-17-15(21-18-13)11-5-2-6-12(19)14(11)20/h1-7,19-20H,8H2.